The molecule has 5 heteroatoms. The quantitative estimate of drug-likeness (QED) is 0.411. The van der Waals surface area contributed by atoms with Gasteiger partial charge in [0.25, 0.3) is 0 Å². The smallest absolute Gasteiger partial charge is 0.119 e. The molecule has 0 amide bonds. The first-order valence-electron chi connectivity index (χ1n) is 14.6. The zero-order valence-electron chi connectivity index (χ0n) is 23.2. The Kier molecular flexibility index (Phi) is 10.1. The summed E-state index contributed by atoms with van der Waals surface area (Å²) in [5.41, 5.74) is 2.93. The second kappa shape index (κ2) is 13.2. The molecule has 0 bridgehead atoms. The van der Waals surface area contributed by atoms with Crippen LogP contribution in [0, 0.1) is 0 Å². The first kappa shape index (κ1) is 28.1. The average Bonchev–Trinajstić information content (AvgIpc) is 3.44. The molecule has 2 N–H and O–H groups in total. The monoisotopic (exact) mass is 508 g/mol. The Balaban J connectivity index is 1.51. The molecule has 0 radical (unpaired) electrons. The summed E-state index contributed by atoms with van der Waals surface area (Å²) in [6.45, 7) is 10.3. The Bertz CT molecular complexity index is 929. The SMILES string of the molecule is CCC(O)CN1CCN(CC(O)CC)C(C(CC)Oc2ccc(C3(c4ccccc4)CCCC3)cc2)C1. The summed E-state index contributed by atoms with van der Waals surface area (Å²) in [6, 6.07) is 20.0. The Morgan fingerprint density at radius 2 is 1.43 bits per heavy atom. The fraction of sp³-hybridized carbons (Fsp3) is 0.625. The second-order valence-electron chi connectivity index (χ2n) is 11.2. The molecule has 1 saturated carbocycles. The van der Waals surface area contributed by atoms with Gasteiger partial charge in [0, 0.05) is 38.1 Å². The molecule has 2 aliphatic rings. The third-order valence-corrected chi connectivity index (χ3v) is 8.78. The van der Waals surface area contributed by atoms with Crippen molar-refractivity contribution in [2.75, 3.05) is 32.7 Å². The minimum absolute atomic E-state index is 0.0195. The van der Waals surface area contributed by atoms with Crippen LogP contribution in [0.2, 0.25) is 0 Å². The summed E-state index contributed by atoms with van der Waals surface area (Å²) in [5, 5.41) is 20.7. The minimum Gasteiger partial charge on any atom is -0.489 e. The average molecular weight is 509 g/mol. The summed E-state index contributed by atoms with van der Waals surface area (Å²) >= 11 is 0. The van der Waals surface area contributed by atoms with Crippen molar-refractivity contribution in [2.45, 2.75) is 95.5 Å². The van der Waals surface area contributed by atoms with Crippen LogP contribution >= 0.6 is 0 Å². The molecule has 4 unspecified atom stereocenters. The maximum absolute atomic E-state index is 10.4. The van der Waals surface area contributed by atoms with E-state index in [4.69, 9.17) is 4.74 Å². The van der Waals surface area contributed by atoms with E-state index in [1.54, 1.807) is 0 Å². The van der Waals surface area contributed by atoms with E-state index < -0.39 is 0 Å². The van der Waals surface area contributed by atoms with Gasteiger partial charge in [-0.1, -0.05) is 76.1 Å². The number of hydrogen-bond donors (Lipinski definition) is 2. The maximum atomic E-state index is 10.4. The third kappa shape index (κ3) is 6.75. The van der Waals surface area contributed by atoms with Gasteiger partial charge in [0.15, 0.2) is 0 Å². The highest BCUT2D eigenvalue weighted by Crippen LogP contribution is 2.46. The van der Waals surface area contributed by atoms with Gasteiger partial charge in [-0.15, -0.1) is 0 Å². The van der Waals surface area contributed by atoms with Crippen LogP contribution < -0.4 is 4.74 Å². The van der Waals surface area contributed by atoms with Crippen LogP contribution in [0.15, 0.2) is 54.6 Å². The Morgan fingerprint density at radius 1 is 0.811 bits per heavy atom. The van der Waals surface area contributed by atoms with Gasteiger partial charge in [0.2, 0.25) is 0 Å². The molecule has 4 atom stereocenters. The van der Waals surface area contributed by atoms with Crippen LogP contribution in [-0.2, 0) is 5.41 Å². The molecule has 2 fully saturated rings. The molecular formula is C32H48N2O3. The van der Waals surface area contributed by atoms with Crippen molar-refractivity contribution in [3.63, 3.8) is 0 Å². The van der Waals surface area contributed by atoms with Gasteiger partial charge in [-0.25, -0.2) is 0 Å². The predicted octanol–water partition coefficient (Wildman–Crippen LogP) is 5.23. The van der Waals surface area contributed by atoms with Crippen LogP contribution in [0.4, 0.5) is 0 Å². The minimum atomic E-state index is -0.326. The highest BCUT2D eigenvalue weighted by Gasteiger charge is 2.38. The van der Waals surface area contributed by atoms with Crippen molar-refractivity contribution in [3.8, 4) is 5.75 Å². The fourth-order valence-corrected chi connectivity index (χ4v) is 6.42. The van der Waals surface area contributed by atoms with Crippen LogP contribution in [0.5, 0.6) is 5.75 Å². The number of benzene rings is 2. The first-order valence-corrected chi connectivity index (χ1v) is 14.6. The number of ether oxygens (including phenoxy) is 1. The third-order valence-electron chi connectivity index (χ3n) is 8.78. The summed E-state index contributed by atoms with van der Waals surface area (Å²) in [5.74, 6) is 0.915. The van der Waals surface area contributed by atoms with Crippen molar-refractivity contribution in [2.24, 2.45) is 0 Å². The molecule has 37 heavy (non-hydrogen) atoms. The fourth-order valence-electron chi connectivity index (χ4n) is 6.42. The van der Waals surface area contributed by atoms with Crippen molar-refractivity contribution in [1.29, 1.82) is 0 Å². The molecule has 2 aromatic carbocycles. The largest absolute Gasteiger partial charge is 0.489 e. The van der Waals surface area contributed by atoms with Crippen LogP contribution in [0.25, 0.3) is 0 Å². The Labute approximate surface area is 224 Å². The number of aliphatic hydroxyl groups is 2. The van der Waals surface area contributed by atoms with E-state index in [0.717, 1.165) is 44.6 Å². The lowest BCUT2D eigenvalue weighted by molar-refractivity contribution is -0.0285. The van der Waals surface area contributed by atoms with E-state index in [-0.39, 0.29) is 29.8 Å². The maximum Gasteiger partial charge on any atom is 0.119 e. The number of piperazine rings is 1. The van der Waals surface area contributed by atoms with Crippen molar-refractivity contribution in [3.05, 3.63) is 65.7 Å². The number of rotatable bonds is 12. The molecule has 0 aromatic heterocycles. The van der Waals surface area contributed by atoms with E-state index in [0.29, 0.717) is 13.1 Å². The lowest BCUT2D eigenvalue weighted by atomic mass is 9.73. The molecule has 204 valence electrons. The molecule has 5 nitrogen and oxygen atoms in total. The summed E-state index contributed by atoms with van der Waals surface area (Å²) in [7, 11) is 0. The number of aliphatic hydroxyl groups excluding tert-OH is 2. The van der Waals surface area contributed by atoms with E-state index in [1.807, 2.05) is 13.8 Å². The van der Waals surface area contributed by atoms with Gasteiger partial charge in [0.1, 0.15) is 11.9 Å². The lowest BCUT2D eigenvalue weighted by Gasteiger charge is -2.45. The van der Waals surface area contributed by atoms with Gasteiger partial charge in [-0.3, -0.25) is 9.80 Å². The van der Waals surface area contributed by atoms with Crippen molar-refractivity contribution >= 4 is 0 Å². The van der Waals surface area contributed by atoms with Crippen molar-refractivity contribution in [1.82, 2.24) is 9.80 Å². The standard InChI is InChI=1S/C32H48N2O3/c1-4-27(35)22-33-20-21-34(23-28(36)5-2)30(24-33)31(6-3)37-29-16-14-26(15-17-29)32(18-10-11-19-32)25-12-8-7-9-13-25/h7-9,12-17,27-28,30-31,35-36H,4-6,10-11,18-24H2,1-3H3. The Hall–Kier alpha value is -1.92. The summed E-state index contributed by atoms with van der Waals surface area (Å²) in [4.78, 5) is 4.78. The van der Waals surface area contributed by atoms with Crippen LogP contribution in [0.3, 0.4) is 0 Å². The summed E-state index contributed by atoms with van der Waals surface area (Å²) < 4.78 is 6.67. The van der Waals surface area contributed by atoms with Gasteiger partial charge in [-0.2, -0.15) is 0 Å². The van der Waals surface area contributed by atoms with E-state index in [1.165, 1.54) is 36.8 Å². The molecule has 1 saturated heterocycles. The number of nitrogens with zero attached hydrogens (tertiary/aromatic N) is 2. The molecule has 1 aliphatic carbocycles. The predicted molar refractivity (Wildman–Crippen MR) is 151 cm³/mol. The number of β-amino-alcohol motifs (C(OH)–C–C–N with tert-alkyl or cyclic N) is 2. The van der Waals surface area contributed by atoms with Gasteiger partial charge >= 0.3 is 0 Å². The zero-order valence-corrected chi connectivity index (χ0v) is 23.2. The van der Waals surface area contributed by atoms with E-state index in [9.17, 15) is 10.2 Å². The van der Waals surface area contributed by atoms with Crippen molar-refractivity contribution < 1.29 is 14.9 Å². The topological polar surface area (TPSA) is 56.2 Å². The number of hydrogen-bond acceptors (Lipinski definition) is 5. The Morgan fingerprint density at radius 3 is 2.05 bits per heavy atom. The zero-order chi connectivity index (χ0) is 26.3. The molecule has 1 aliphatic heterocycles. The normalized spacial score (nSPS) is 23.0. The lowest BCUT2D eigenvalue weighted by Crippen LogP contribution is -2.60. The first-order chi connectivity index (χ1) is 18.0. The van der Waals surface area contributed by atoms with E-state index in [2.05, 4.69) is 71.3 Å². The molecule has 2 aromatic rings. The second-order valence-corrected chi connectivity index (χ2v) is 11.2. The highest BCUT2D eigenvalue weighted by atomic mass is 16.5. The molecule has 4 rings (SSSR count). The van der Waals surface area contributed by atoms with Crippen LogP contribution in [-0.4, -0.2) is 77.1 Å². The van der Waals surface area contributed by atoms with Gasteiger partial charge < -0.3 is 14.9 Å². The van der Waals surface area contributed by atoms with E-state index >= 15 is 0 Å². The molecular weight excluding hydrogens is 460 g/mol. The molecule has 0 spiro atoms. The highest BCUT2D eigenvalue weighted by molar-refractivity contribution is 5.42. The van der Waals surface area contributed by atoms with Gasteiger partial charge in [0.05, 0.1) is 18.2 Å². The van der Waals surface area contributed by atoms with Gasteiger partial charge in [-0.05, 0) is 55.4 Å². The molecule has 1 heterocycles. The summed E-state index contributed by atoms with van der Waals surface area (Å²) in [6.07, 6.45) is 6.76. The van der Waals surface area contributed by atoms with Crippen LogP contribution in [0.1, 0.15) is 76.8 Å².